The average Bonchev–Trinajstić information content (AvgIpc) is 2.79. The van der Waals surface area contributed by atoms with E-state index in [9.17, 15) is 0 Å². The normalized spacial score (nSPS) is 33.9. The van der Waals surface area contributed by atoms with Gasteiger partial charge in [-0.1, -0.05) is 41.0 Å². The van der Waals surface area contributed by atoms with Crippen molar-refractivity contribution in [1.82, 2.24) is 0 Å². The van der Waals surface area contributed by atoms with Crippen LogP contribution in [0.2, 0.25) is 0 Å². The molecule has 0 nitrogen and oxygen atoms in total. The molecule has 5 unspecified atom stereocenters. The van der Waals surface area contributed by atoms with Gasteiger partial charge in [0.05, 0.1) is 0 Å². The maximum atomic E-state index is 2.45. The van der Waals surface area contributed by atoms with E-state index in [2.05, 4.69) is 34.6 Å². The Balaban J connectivity index is 2.25. The Labute approximate surface area is 84.1 Å². The summed E-state index contributed by atoms with van der Waals surface area (Å²) >= 11 is 0. The highest BCUT2D eigenvalue weighted by molar-refractivity contribution is 4.85. The number of hydrogen-bond acceptors (Lipinski definition) is 0. The summed E-state index contributed by atoms with van der Waals surface area (Å²) in [5.74, 6) is 4.86. The van der Waals surface area contributed by atoms with Crippen LogP contribution in [0.15, 0.2) is 0 Å². The molecule has 1 aliphatic carbocycles. The standard InChI is InChI=1S/C13H26/c1-6-9(2)12(5)10(3)7-13-8-11(13)4/h9-13H,6-8H2,1-5H3. The smallest absolute Gasteiger partial charge is 0.0383 e. The van der Waals surface area contributed by atoms with Gasteiger partial charge >= 0.3 is 0 Å². The lowest BCUT2D eigenvalue weighted by Gasteiger charge is -2.25. The van der Waals surface area contributed by atoms with Crippen LogP contribution < -0.4 is 0 Å². The van der Waals surface area contributed by atoms with Crippen LogP contribution in [-0.4, -0.2) is 0 Å². The van der Waals surface area contributed by atoms with Gasteiger partial charge in [0.15, 0.2) is 0 Å². The molecule has 13 heavy (non-hydrogen) atoms. The van der Waals surface area contributed by atoms with E-state index in [1.54, 1.807) is 0 Å². The summed E-state index contributed by atoms with van der Waals surface area (Å²) in [6.07, 6.45) is 4.32. The van der Waals surface area contributed by atoms with E-state index in [0.29, 0.717) is 0 Å². The molecule has 0 aromatic carbocycles. The Morgan fingerprint density at radius 3 is 2.08 bits per heavy atom. The fraction of sp³-hybridized carbons (Fsp3) is 1.00. The summed E-state index contributed by atoms with van der Waals surface area (Å²) in [6.45, 7) is 12.0. The van der Waals surface area contributed by atoms with Crippen LogP contribution in [0, 0.1) is 29.6 Å². The Kier molecular flexibility index (Phi) is 3.82. The second kappa shape index (κ2) is 4.48. The molecular formula is C13H26. The van der Waals surface area contributed by atoms with E-state index in [4.69, 9.17) is 0 Å². The summed E-state index contributed by atoms with van der Waals surface area (Å²) in [7, 11) is 0. The third kappa shape index (κ3) is 3.00. The van der Waals surface area contributed by atoms with Gasteiger partial charge in [0.1, 0.15) is 0 Å². The molecule has 1 aliphatic rings. The minimum absolute atomic E-state index is 0.907. The molecular weight excluding hydrogens is 156 g/mol. The van der Waals surface area contributed by atoms with Crippen molar-refractivity contribution in [3.05, 3.63) is 0 Å². The van der Waals surface area contributed by atoms with Crippen molar-refractivity contribution in [2.75, 3.05) is 0 Å². The van der Waals surface area contributed by atoms with E-state index >= 15 is 0 Å². The summed E-state index contributed by atoms with van der Waals surface area (Å²) in [4.78, 5) is 0. The summed E-state index contributed by atoms with van der Waals surface area (Å²) in [5, 5.41) is 0. The Bertz CT molecular complexity index is 150. The zero-order valence-electron chi connectivity index (χ0n) is 10.0. The molecule has 0 N–H and O–H groups in total. The van der Waals surface area contributed by atoms with Gasteiger partial charge < -0.3 is 0 Å². The molecule has 0 aliphatic heterocycles. The van der Waals surface area contributed by atoms with Gasteiger partial charge in [-0.15, -0.1) is 0 Å². The average molecular weight is 182 g/mol. The zero-order valence-corrected chi connectivity index (χ0v) is 10.0. The molecule has 1 saturated carbocycles. The zero-order chi connectivity index (χ0) is 10.0. The molecule has 0 saturated heterocycles. The molecule has 0 heterocycles. The highest BCUT2D eigenvalue weighted by Gasteiger charge is 2.34. The quantitative estimate of drug-likeness (QED) is 0.593. The van der Waals surface area contributed by atoms with Gasteiger partial charge in [-0.05, 0) is 42.4 Å². The van der Waals surface area contributed by atoms with Crippen LogP contribution in [0.3, 0.4) is 0 Å². The van der Waals surface area contributed by atoms with Crippen molar-refractivity contribution in [1.29, 1.82) is 0 Å². The Morgan fingerprint density at radius 2 is 1.69 bits per heavy atom. The minimum atomic E-state index is 0.907. The summed E-state index contributed by atoms with van der Waals surface area (Å²) in [6, 6.07) is 0. The predicted molar refractivity (Wildman–Crippen MR) is 59.7 cm³/mol. The minimum Gasteiger partial charge on any atom is -0.0651 e. The van der Waals surface area contributed by atoms with Crippen LogP contribution in [-0.2, 0) is 0 Å². The Morgan fingerprint density at radius 1 is 1.15 bits per heavy atom. The molecule has 0 spiro atoms. The third-order valence-electron chi connectivity index (χ3n) is 4.39. The van der Waals surface area contributed by atoms with Gasteiger partial charge in [0.25, 0.3) is 0 Å². The lowest BCUT2D eigenvalue weighted by molar-refractivity contribution is 0.250. The molecule has 0 heteroatoms. The van der Waals surface area contributed by atoms with E-state index in [-0.39, 0.29) is 0 Å². The molecule has 0 amide bonds. The highest BCUT2D eigenvalue weighted by Crippen LogP contribution is 2.44. The van der Waals surface area contributed by atoms with Crippen LogP contribution >= 0.6 is 0 Å². The highest BCUT2D eigenvalue weighted by atomic mass is 14.4. The fourth-order valence-electron chi connectivity index (χ4n) is 2.35. The summed E-state index contributed by atoms with van der Waals surface area (Å²) < 4.78 is 0. The molecule has 0 radical (unpaired) electrons. The SMILES string of the molecule is CCC(C)C(C)C(C)CC1CC1C. The van der Waals surface area contributed by atoms with Gasteiger partial charge in [-0.2, -0.15) is 0 Å². The largest absolute Gasteiger partial charge is 0.0651 e. The predicted octanol–water partition coefficient (Wildman–Crippen LogP) is 4.35. The molecule has 0 aromatic rings. The maximum absolute atomic E-state index is 2.45. The van der Waals surface area contributed by atoms with Gasteiger partial charge in [0, 0.05) is 0 Å². The third-order valence-corrected chi connectivity index (χ3v) is 4.39. The van der Waals surface area contributed by atoms with Gasteiger partial charge in [0.2, 0.25) is 0 Å². The lowest BCUT2D eigenvalue weighted by Crippen LogP contribution is -2.16. The first kappa shape index (κ1) is 11.1. The van der Waals surface area contributed by atoms with E-state index in [1.807, 2.05) is 0 Å². The summed E-state index contributed by atoms with van der Waals surface area (Å²) in [5.41, 5.74) is 0. The van der Waals surface area contributed by atoms with E-state index < -0.39 is 0 Å². The second-order valence-corrected chi connectivity index (χ2v) is 5.43. The first-order chi connectivity index (χ1) is 6.06. The van der Waals surface area contributed by atoms with Crippen molar-refractivity contribution in [2.45, 2.75) is 53.9 Å². The van der Waals surface area contributed by atoms with Gasteiger partial charge in [-0.3, -0.25) is 0 Å². The molecule has 5 atom stereocenters. The van der Waals surface area contributed by atoms with Gasteiger partial charge in [-0.25, -0.2) is 0 Å². The molecule has 78 valence electrons. The molecule has 1 rings (SSSR count). The van der Waals surface area contributed by atoms with E-state index in [1.165, 1.54) is 19.3 Å². The lowest BCUT2D eigenvalue weighted by atomic mass is 9.81. The molecule has 1 fully saturated rings. The second-order valence-electron chi connectivity index (χ2n) is 5.43. The first-order valence-electron chi connectivity index (χ1n) is 6.06. The fourth-order valence-corrected chi connectivity index (χ4v) is 2.35. The van der Waals surface area contributed by atoms with Crippen molar-refractivity contribution in [2.24, 2.45) is 29.6 Å². The van der Waals surface area contributed by atoms with Crippen LogP contribution in [0.1, 0.15) is 53.9 Å². The first-order valence-corrected chi connectivity index (χ1v) is 6.06. The van der Waals surface area contributed by atoms with Crippen molar-refractivity contribution < 1.29 is 0 Å². The van der Waals surface area contributed by atoms with Crippen LogP contribution in [0.25, 0.3) is 0 Å². The molecule has 0 aromatic heterocycles. The van der Waals surface area contributed by atoms with Crippen LogP contribution in [0.4, 0.5) is 0 Å². The maximum Gasteiger partial charge on any atom is -0.0383 e. The molecule has 0 bridgehead atoms. The topological polar surface area (TPSA) is 0 Å². The number of hydrogen-bond donors (Lipinski definition) is 0. The Hall–Kier alpha value is 0. The van der Waals surface area contributed by atoms with Crippen molar-refractivity contribution in [3.8, 4) is 0 Å². The van der Waals surface area contributed by atoms with Crippen molar-refractivity contribution in [3.63, 3.8) is 0 Å². The monoisotopic (exact) mass is 182 g/mol. The number of rotatable bonds is 5. The van der Waals surface area contributed by atoms with Crippen LogP contribution in [0.5, 0.6) is 0 Å². The van der Waals surface area contributed by atoms with Crippen molar-refractivity contribution >= 4 is 0 Å². The van der Waals surface area contributed by atoms with E-state index in [0.717, 1.165) is 29.6 Å².